The third kappa shape index (κ3) is 1.96. The molecule has 1 saturated heterocycles. The van der Waals surface area contributed by atoms with Crippen molar-refractivity contribution in [3.63, 3.8) is 0 Å². The Labute approximate surface area is 87.5 Å². The predicted octanol–water partition coefficient (Wildman–Crippen LogP) is 1.29. The fourth-order valence-corrected chi connectivity index (χ4v) is 2.42. The number of nitrogens with one attached hydrogen (secondary N) is 2. The van der Waals surface area contributed by atoms with Gasteiger partial charge >= 0.3 is 0 Å². The van der Waals surface area contributed by atoms with E-state index in [4.69, 9.17) is 0 Å². The molecular formula is C10H14N2OS. The van der Waals surface area contributed by atoms with Gasteiger partial charge in [-0.15, -0.1) is 11.3 Å². The van der Waals surface area contributed by atoms with E-state index < -0.39 is 0 Å². The van der Waals surface area contributed by atoms with Gasteiger partial charge in [-0.25, -0.2) is 0 Å². The van der Waals surface area contributed by atoms with Gasteiger partial charge in [-0.2, -0.15) is 0 Å². The molecule has 2 N–H and O–H groups in total. The van der Waals surface area contributed by atoms with Crippen molar-refractivity contribution < 1.29 is 4.79 Å². The molecule has 0 aliphatic carbocycles. The number of amides is 1. The van der Waals surface area contributed by atoms with Gasteiger partial charge in [0, 0.05) is 17.5 Å². The third-order valence-electron chi connectivity index (χ3n) is 2.47. The average Bonchev–Trinajstić information content (AvgIpc) is 2.77. The Morgan fingerprint density at radius 2 is 2.57 bits per heavy atom. The first-order valence-corrected chi connectivity index (χ1v) is 5.72. The summed E-state index contributed by atoms with van der Waals surface area (Å²) in [6, 6.07) is 4.39. The largest absolute Gasteiger partial charge is 0.355 e. The van der Waals surface area contributed by atoms with E-state index >= 15 is 0 Å². The molecule has 0 bridgehead atoms. The lowest BCUT2D eigenvalue weighted by atomic mass is 10.2. The quantitative estimate of drug-likeness (QED) is 0.789. The molecule has 76 valence electrons. The molecule has 2 atom stereocenters. The molecule has 1 fully saturated rings. The molecule has 1 aliphatic heterocycles. The molecule has 2 heterocycles. The molecule has 3 nitrogen and oxygen atoms in total. The molecule has 4 heteroatoms. The normalized spacial score (nSPS) is 23.5. The van der Waals surface area contributed by atoms with Crippen molar-refractivity contribution >= 4 is 17.2 Å². The summed E-state index contributed by atoms with van der Waals surface area (Å²) >= 11 is 1.72. The zero-order valence-electron chi connectivity index (χ0n) is 8.12. The first-order valence-electron chi connectivity index (χ1n) is 4.84. The number of hydrogen-bond donors (Lipinski definition) is 2. The van der Waals surface area contributed by atoms with Gasteiger partial charge in [0.25, 0.3) is 0 Å². The lowest BCUT2D eigenvalue weighted by Crippen LogP contribution is -2.37. The van der Waals surface area contributed by atoms with Crippen molar-refractivity contribution in [2.24, 2.45) is 0 Å². The fourth-order valence-electron chi connectivity index (χ4n) is 1.67. The summed E-state index contributed by atoms with van der Waals surface area (Å²) in [5.74, 6) is 0.133. The second-order valence-electron chi connectivity index (χ2n) is 3.54. The molecule has 14 heavy (non-hydrogen) atoms. The van der Waals surface area contributed by atoms with Crippen LogP contribution in [0.5, 0.6) is 0 Å². The lowest BCUT2D eigenvalue weighted by Gasteiger charge is -2.15. The van der Waals surface area contributed by atoms with Crippen LogP contribution in [0.15, 0.2) is 17.5 Å². The van der Waals surface area contributed by atoms with Crippen LogP contribution in [0, 0.1) is 0 Å². The van der Waals surface area contributed by atoms with Crippen LogP contribution in [0.2, 0.25) is 0 Å². The van der Waals surface area contributed by atoms with Gasteiger partial charge in [0.1, 0.15) is 0 Å². The van der Waals surface area contributed by atoms with Gasteiger partial charge in [0.15, 0.2) is 0 Å². The summed E-state index contributed by atoms with van der Waals surface area (Å²) in [5.41, 5.74) is 0. The second kappa shape index (κ2) is 4.11. The van der Waals surface area contributed by atoms with Crippen molar-refractivity contribution in [3.05, 3.63) is 22.4 Å². The second-order valence-corrected chi connectivity index (χ2v) is 4.52. The predicted molar refractivity (Wildman–Crippen MR) is 57.3 cm³/mol. The minimum absolute atomic E-state index is 0.00731. The van der Waals surface area contributed by atoms with Crippen molar-refractivity contribution in [2.75, 3.05) is 6.54 Å². The maximum Gasteiger partial charge on any atom is 0.237 e. The molecule has 2 rings (SSSR count). The maximum absolute atomic E-state index is 11.3. The first kappa shape index (κ1) is 9.68. The van der Waals surface area contributed by atoms with Crippen LogP contribution in [-0.2, 0) is 4.79 Å². The molecule has 1 unspecified atom stereocenters. The highest BCUT2D eigenvalue weighted by Crippen LogP contribution is 2.19. The summed E-state index contributed by atoms with van der Waals surface area (Å²) in [4.78, 5) is 12.6. The average molecular weight is 210 g/mol. The molecular weight excluding hydrogens is 196 g/mol. The van der Waals surface area contributed by atoms with Gasteiger partial charge in [-0.3, -0.25) is 10.1 Å². The molecule has 1 amide bonds. The highest BCUT2D eigenvalue weighted by atomic mass is 32.1. The zero-order chi connectivity index (χ0) is 9.97. The standard InChI is InChI=1S/C10H14N2OS/c1-7(9-3-2-6-14-9)12-8-4-5-11-10(8)13/h2-3,6-8,12H,4-5H2,1H3,(H,11,13)/t7-,8?/m1/s1. The van der Waals surface area contributed by atoms with Gasteiger partial charge in [0.2, 0.25) is 5.91 Å². The third-order valence-corrected chi connectivity index (χ3v) is 3.52. The Morgan fingerprint density at radius 1 is 1.71 bits per heavy atom. The molecule has 1 aromatic rings. The van der Waals surface area contributed by atoms with Gasteiger partial charge in [0.05, 0.1) is 6.04 Å². The molecule has 0 saturated carbocycles. The van der Waals surface area contributed by atoms with E-state index in [9.17, 15) is 4.79 Å². The van der Waals surface area contributed by atoms with Crippen LogP contribution >= 0.6 is 11.3 Å². The Bertz CT molecular complexity index is 310. The Kier molecular flexibility index (Phi) is 2.84. The van der Waals surface area contributed by atoms with Crippen LogP contribution < -0.4 is 10.6 Å². The van der Waals surface area contributed by atoms with Gasteiger partial charge in [-0.1, -0.05) is 6.07 Å². The van der Waals surface area contributed by atoms with Crippen molar-refractivity contribution in [3.8, 4) is 0 Å². The number of hydrogen-bond acceptors (Lipinski definition) is 3. The molecule has 1 aromatic heterocycles. The van der Waals surface area contributed by atoms with Gasteiger partial charge in [-0.05, 0) is 24.8 Å². The van der Waals surface area contributed by atoms with Crippen LogP contribution in [0.4, 0.5) is 0 Å². The lowest BCUT2D eigenvalue weighted by molar-refractivity contribution is -0.121. The zero-order valence-corrected chi connectivity index (χ0v) is 8.93. The summed E-state index contributed by atoms with van der Waals surface area (Å²) in [5, 5.41) is 8.21. The molecule has 1 aliphatic rings. The smallest absolute Gasteiger partial charge is 0.237 e. The summed E-state index contributed by atoms with van der Waals surface area (Å²) in [7, 11) is 0. The fraction of sp³-hybridized carbons (Fsp3) is 0.500. The van der Waals surface area contributed by atoms with Crippen LogP contribution in [-0.4, -0.2) is 18.5 Å². The van der Waals surface area contributed by atoms with E-state index in [1.807, 2.05) is 6.07 Å². The Hall–Kier alpha value is -0.870. The van der Waals surface area contributed by atoms with Crippen LogP contribution in [0.25, 0.3) is 0 Å². The number of rotatable bonds is 3. The SMILES string of the molecule is C[C@@H](NC1CCNC1=O)c1cccs1. The van der Waals surface area contributed by atoms with E-state index in [-0.39, 0.29) is 18.0 Å². The molecule has 0 spiro atoms. The van der Waals surface area contributed by atoms with Crippen molar-refractivity contribution in [2.45, 2.75) is 25.4 Å². The number of carbonyl (C=O) groups is 1. The van der Waals surface area contributed by atoms with E-state index in [1.54, 1.807) is 11.3 Å². The van der Waals surface area contributed by atoms with Crippen LogP contribution in [0.3, 0.4) is 0 Å². The Balaban J connectivity index is 1.94. The monoisotopic (exact) mass is 210 g/mol. The van der Waals surface area contributed by atoms with E-state index in [0.717, 1.165) is 13.0 Å². The van der Waals surface area contributed by atoms with Crippen molar-refractivity contribution in [1.29, 1.82) is 0 Å². The summed E-state index contributed by atoms with van der Waals surface area (Å²) < 4.78 is 0. The highest BCUT2D eigenvalue weighted by molar-refractivity contribution is 7.10. The topological polar surface area (TPSA) is 41.1 Å². The highest BCUT2D eigenvalue weighted by Gasteiger charge is 2.25. The maximum atomic E-state index is 11.3. The van der Waals surface area contributed by atoms with E-state index in [2.05, 4.69) is 29.0 Å². The minimum Gasteiger partial charge on any atom is -0.355 e. The van der Waals surface area contributed by atoms with Crippen LogP contribution in [0.1, 0.15) is 24.3 Å². The summed E-state index contributed by atoms with van der Waals surface area (Å²) in [6.45, 7) is 2.89. The Morgan fingerprint density at radius 3 is 3.14 bits per heavy atom. The van der Waals surface area contributed by atoms with Crippen molar-refractivity contribution in [1.82, 2.24) is 10.6 Å². The van der Waals surface area contributed by atoms with E-state index in [1.165, 1.54) is 4.88 Å². The number of carbonyl (C=O) groups excluding carboxylic acids is 1. The van der Waals surface area contributed by atoms with E-state index in [0.29, 0.717) is 0 Å². The number of thiophene rings is 1. The van der Waals surface area contributed by atoms with Gasteiger partial charge < -0.3 is 5.32 Å². The first-order chi connectivity index (χ1) is 6.77. The summed E-state index contributed by atoms with van der Waals surface area (Å²) in [6.07, 6.45) is 0.897. The molecule has 0 aromatic carbocycles. The molecule has 0 radical (unpaired) electrons. The minimum atomic E-state index is -0.00731.